The lowest BCUT2D eigenvalue weighted by molar-refractivity contribution is -0.137. The van der Waals surface area contributed by atoms with E-state index in [2.05, 4.69) is 36.1 Å². The molecule has 1 unspecified atom stereocenters. The fraction of sp³-hybridized carbons (Fsp3) is 0.643. The van der Waals surface area contributed by atoms with Gasteiger partial charge < -0.3 is 10.4 Å². The molecule has 19 heavy (non-hydrogen) atoms. The van der Waals surface area contributed by atoms with Gasteiger partial charge in [-0.15, -0.1) is 0 Å². The summed E-state index contributed by atoms with van der Waals surface area (Å²) in [6, 6.07) is 1.72. The van der Waals surface area contributed by atoms with Gasteiger partial charge in [-0.05, 0) is 31.7 Å². The van der Waals surface area contributed by atoms with Crippen molar-refractivity contribution in [3.8, 4) is 0 Å². The van der Waals surface area contributed by atoms with Gasteiger partial charge in [-0.25, -0.2) is 9.97 Å². The second kappa shape index (κ2) is 5.99. The lowest BCUT2D eigenvalue weighted by Gasteiger charge is -2.26. The van der Waals surface area contributed by atoms with E-state index in [0.29, 0.717) is 5.95 Å². The highest BCUT2D eigenvalue weighted by Gasteiger charge is 2.21. The number of carboxylic acid groups (broad SMARTS) is 1. The molecule has 0 spiro atoms. The Hall–Kier alpha value is -1.65. The summed E-state index contributed by atoms with van der Waals surface area (Å²) in [6.07, 6.45) is 0.809. The fourth-order valence-electron chi connectivity index (χ4n) is 2.10. The van der Waals surface area contributed by atoms with E-state index in [-0.39, 0.29) is 17.9 Å². The first-order valence-electron chi connectivity index (χ1n) is 6.46. The Kier molecular flexibility index (Phi) is 4.86. The number of carbonyl (C=O) groups is 1. The molecular weight excluding hydrogens is 242 g/mol. The van der Waals surface area contributed by atoms with Gasteiger partial charge in [0.25, 0.3) is 0 Å². The number of carboxylic acids is 1. The normalized spacial score (nSPS) is 13.1. The summed E-state index contributed by atoms with van der Waals surface area (Å²) in [5, 5.41) is 12.1. The Morgan fingerprint density at radius 3 is 2.26 bits per heavy atom. The number of nitrogens with one attached hydrogen (secondary N) is 1. The van der Waals surface area contributed by atoms with Crippen LogP contribution in [0.15, 0.2) is 6.07 Å². The summed E-state index contributed by atoms with van der Waals surface area (Å²) in [5.41, 5.74) is 1.80. The molecule has 2 N–H and O–H groups in total. The molecule has 0 aliphatic rings. The molecule has 106 valence electrons. The minimum Gasteiger partial charge on any atom is -0.481 e. The van der Waals surface area contributed by atoms with E-state index in [4.69, 9.17) is 5.11 Å². The topological polar surface area (TPSA) is 75.1 Å². The van der Waals surface area contributed by atoms with Crippen LogP contribution in [0.4, 0.5) is 5.95 Å². The standard InChI is InChI=1S/C14H23N3O2/c1-9-6-10(2)16-13(15-9)17-11(7-12(18)19)8-14(3,4)5/h6,11H,7-8H2,1-5H3,(H,18,19)(H,15,16,17). The monoisotopic (exact) mass is 265 g/mol. The Morgan fingerprint density at radius 1 is 1.32 bits per heavy atom. The average molecular weight is 265 g/mol. The predicted octanol–water partition coefficient (Wildman–Crippen LogP) is 2.78. The molecule has 0 saturated carbocycles. The third kappa shape index (κ3) is 6.18. The van der Waals surface area contributed by atoms with Crippen molar-refractivity contribution in [3.63, 3.8) is 0 Å². The first kappa shape index (κ1) is 15.4. The quantitative estimate of drug-likeness (QED) is 0.856. The molecule has 0 saturated heterocycles. The zero-order chi connectivity index (χ0) is 14.6. The summed E-state index contributed by atoms with van der Waals surface area (Å²) in [7, 11) is 0. The van der Waals surface area contributed by atoms with Crippen LogP contribution < -0.4 is 5.32 Å². The average Bonchev–Trinajstić information content (AvgIpc) is 2.10. The zero-order valence-corrected chi connectivity index (χ0v) is 12.3. The lowest BCUT2D eigenvalue weighted by atomic mass is 9.87. The molecule has 1 aromatic rings. The number of aromatic nitrogens is 2. The van der Waals surface area contributed by atoms with Crippen molar-refractivity contribution in [1.29, 1.82) is 0 Å². The second-order valence-corrected chi connectivity index (χ2v) is 6.18. The number of nitrogens with zero attached hydrogens (tertiary/aromatic N) is 2. The third-order valence-corrected chi connectivity index (χ3v) is 2.60. The van der Waals surface area contributed by atoms with Gasteiger partial charge in [-0.1, -0.05) is 20.8 Å². The van der Waals surface area contributed by atoms with Gasteiger partial charge in [0, 0.05) is 17.4 Å². The van der Waals surface area contributed by atoms with E-state index < -0.39 is 5.97 Å². The predicted molar refractivity (Wildman–Crippen MR) is 75.2 cm³/mol. The van der Waals surface area contributed by atoms with Crippen molar-refractivity contribution in [3.05, 3.63) is 17.5 Å². The Morgan fingerprint density at radius 2 is 1.84 bits per heavy atom. The molecule has 0 radical (unpaired) electrons. The van der Waals surface area contributed by atoms with Crippen molar-refractivity contribution < 1.29 is 9.90 Å². The van der Waals surface area contributed by atoms with Gasteiger partial charge in [0.1, 0.15) is 0 Å². The number of hydrogen-bond acceptors (Lipinski definition) is 4. The highest BCUT2D eigenvalue weighted by atomic mass is 16.4. The maximum Gasteiger partial charge on any atom is 0.305 e. The summed E-state index contributed by atoms with van der Waals surface area (Å²) >= 11 is 0. The first-order chi connectivity index (χ1) is 8.65. The number of aryl methyl sites for hydroxylation is 2. The van der Waals surface area contributed by atoms with Crippen molar-refractivity contribution in [2.45, 2.75) is 53.5 Å². The fourth-order valence-corrected chi connectivity index (χ4v) is 2.10. The third-order valence-electron chi connectivity index (χ3n) is 2.60. The Balaban J connectivity index is 2.84. The SMILES string of the molecule is Cc1cc(C)nc(NC(CC(=O)O)CC(C)(C)C)n1. The molecule has 1 aromatic heterocycles. The van der Waals surface area contributed by atoms with Crippen LogP contribution in [-0.4, -0.2) is 27.1 Å². The molecule has 1 heterocycles. The minimum absolute atomic E-state index is 0.0476. The number of aliphatic carboxylic acids is 1. The van der Waals surface area contributed by atoms with Crippen LogP contribution in [0.25, 0.3) is 0 Å². The van der Waals surface area contributed by atoms with Crippen LogP contribution in [0.2, 0.25) is 0 Å². The van der Waals surface area contributed by atoms with Gasteiger partial charge in [0.2, 0.25) is 5.95 Å². The summed E-state index contributed by atoms with van der Waals surface area (Å²) in [5.74, 6) is -0.306. The van der Waals surface area contributed by atoms with Crippen molar-refractivity contribution >= 4 is 11.9 Å². The smallest absolute Gasteiger partial charge is 0.305 e. The molecule has 0 aliphatic heterocycles. The van der Waals surface area contributed by atoms with Crippen molar-refractivity contribution in [2.75, 3.05) is 5.32 Å². The molecule has 1 atom stereocenters. The molecule has 0 aliphatic carbocycles. The maximum absolute atomic E-state index is 10.9. The first-order valence-corrected chi connectivity index (χ1v) is 6.46. The number of hydrogen-bond donors (Lipinski definition) is 2. The van der Waals surface area contributed by atoms with Crippen LogP contribution in [-0.2, 0) is 4.79 Å². The van der Waals surface area contributed by atoms with Crippen LogP contribution in [0.3, 0.4) is 0 Å². The van der Waals surface area contributed by atoms with Gasteiger partial charge in [-0.2, -0.15) is 0 Å². The minimum atomic E-state index is -0.814. The van der Waals surface area contributed by atoms with Gasteiger partial charge >= 0.3 is 5.97 Å². The molecule has 1 rings (SSSR count). The number of rotatable bonds is 5. The highest BCUT2D eigenvalue weighted by molar-refractivity contribution is 5.68. The molecule has 0 amide bonds. The van der Waals surface area contributed by atoms with Crippen LogP contribution in [0.1, 0.15) is 45.0 Å². The van der Waals surface area contributed by atoms with E-state index in [1.165, 1.54) is 0 Å². The maximum atomic E-state index is 10.9. The van der Waals surface area contributed by atoms with Crippen LogP contribution in [0, 0.1) is 19.3 Å². The molecule has 5 heteroatoms. The van der Waals surface area contributed by atoms with E-state index >= 15 is 0 Å². The van der Waals surface area contributed by atoms with Crippen LogP contribution >= 0.6 is 0 Å². The van der Waals surface area contributed by atoms with Crippen LogP contribution in [0.5, 0.6) is 0 Å². The molecule has 0 fully saturated rings. The van der Waals surface area contributed by atoms with Gasteiger partial charge in [0.05, 0.1) is 6.42 Å². The van der Waals surface area contributed by atoms with E-state index in [0.717, 1.165) is 17.8 Å². The largest absolute Gasteiger partial charge is 0.481 e. The summed E-state index contributed by atoms with van der Waals surface area (Å²) < 4.78 is 0. The van der Waals surface area contributed by atoms with Crippen molar-refractivity contribution in [2.24, 2.45) is 5.41 Å². The van der Waals surface area contributed by atoms with Gasteiger partial charge in [-0.3, -0.25) is 4.79 Å². The summed E-state index contributed by atoms with van der Waals surface area (Å²) in [6.45, 7) is 10.1. The van der Waals surface area contributed by atoms with Crippen molar-refractivity contribution in [1.82, 2.24) is 9.97 Å². The Bertz CT molecular complexity index is 432. The van der Waals surface area contributed by atoms with E-state index in [1.54, 1.807) is 0 Å². The molecular formula is C14H23N3O2. The molecule has 0 aromatic carbocycles. The van der Waals surface area contributed by atoms with E-state index in [1.807, 2.05) is 19.9 Å². The molecule has 0 bridgehead atoms. The zero-order valence-electron chi connectivity index (χ0n) is 12.3. The second-order valence-electron chi connectivity index (χ2n) is 6.18. The Labute approximate surface area is 114 Å². The lowest BCUT2D eigenvalue weighted by Crippen LogP contribution is -2.29. The number of anilines is 1. The van der Waals surface area contributed by atoms with E-state index in [9.17, 15) is 4.79 Å². The highest BCUT2D eigenvalue weighted by Crippen LogP contribution is 2.24. The summed E-state index contributed by atoms with van der Waals surface area (Å²) in [4.78, 5) is 19.5. The molecule has 5 nitrogen and oxygen atoms in total. The van der Waals surface area contributed by atoms with Gasteiger partial charge in [0.15, 0.2) is 0 Å².